The highest BCUT2D eigenvalue weighted by Gasteiger charge is 2.41. The highest BCUT2D eigenvalue weighted by molar-refractivity contribution is 7.13. The first-order valence-electron chi connectivity index (χ1n) is 8.23. The van der Waals surface area contributed by atoms with E-state index in [9.17, 15) is 9.59 Å². The van der Waals surface area contributed by atoms with Crippen molar-refractivity contribution < 1.29 is 9.59 Å². The van der Waals surface area contributed by atoms with Gasteiger partial charge in [-0.2, -0.15) is 0 Å². The molecular weight excluding hydrogens is 322 g/mol. The van der Waals surface area contributed by atoms with Crippen LogP contribution in [-0.4, -0.2) is 34.3 Å². The van der Waals surface area contributed by atoms with Crippen molar-refractivity contribution in [3.05, 3.63) is 35.3 Å². The molecule has 2 amide bonds. The topological polar surface area (TPSA) is 62.3 Å². The van der Waals surface area contributed by atoms with Crippen LogP contribution in [0, 0.1) is 12.8 Å². The van der Waals surface area contributed by atoms with Gasteiger partial charge in [-0.1, -0.05) is 12.1 Å². The Morgan fingerprint density at radius 1 is 1.38 bits per heavy atom. The van der Waals surface area contributed by atoms with Crippen molar-refractivity contribution >= 4 is 28.8 Å². The van der Waals surface area contributed by atoms with E-state index in [2.05, 4.69) is 10.3 Å². The van der Waals surface area contributed by atoms with Gasteiger partial charge in [0.15, 0.2) is 0 Å². The Hall–Kier alpha value is -2.21. The molecule has 24 heavy (non-hydrogen) atoms. The summed E-state index contributed by atoms with van der Waals surface area (Å²) >= 11 is 1.59. The van der Waals surface area contributed by atoms with Crippen LogP contribution in [0.2, 0.25) is 0 Å². The monoisotopic (exact) mass is 341 g/mol. The maximum atomic E-state index is 12.5. The summed E-state index contributed by atoms with van der Waals surface area (Å²) in [6.07, 6.45) is 2.48. The molecule has 124 valence electrons. The number of benzene rings is 1. The number of hydrogen-bond donors (Lipinski definition) is 1. The molecule has 1 atom stereocenters. The van der Waals surface area contributed by atoms with Crippen LogP contribution in [-0.2, 0) is 9.59 Å². The number of hydrogen-bond acceptors (Lipinski definition) is 4. The lowest BCUT2D eigenvalue weighted by Crippen LogP contribution is -2.29. The van der Waals surface area contributed by atoms with Crippen LogP contribution < -0.4 is 5.32 Å². The number of amides is 2. The number of carbonyl (C=O) groups excluding carboxylic acids is 2. The molecule has 2 heterocycles. The van der Waals surface area contributed by atoms with E-state index < -0.39 is 0 Å². The molecule has 1 N–H and O–H groups in total. The van der Waals surface area contributed by atoms with E-state index in [1.165, 1.54) is 0 Å². The fraction of sp³-hybridized carbons (Fsp3) is 0.389. The maximum Gasteiger partial charge on any atom is 0.229 e. The molecule has 0 radical (unpaired) electrons. The zero-order valence-corrected chi connectivity index (χ0v) is 14.3. The zero-order chi connectivity index (χ0) is 16.7. The van der Waals surface area contributed by atoms with Crippen molar-refractivity contribution in [3.8, 4) is 10.6 Å². The summed E-state index contributed by atoms with van der Waals surface area (Å²) in [6.45, 7) is 2.52. The van der Waals surface area contributed by atoms with E-state index in [0.717, 1.165) is 34.8 Å². The summed E-state index contributed by atoms with van der Waals surface area (Å²) in [5.74, 6) is -0.201. The van der Waals surface area contributed by atoms with Crippen molar-refractivity contribution in [2.24, 2.45) is 5.92 Å². The third-order valence-corrected chi connectivity index (χ3v) is 5.52. The third kappa shape index (κ3) is 3.06. The van der Waals surface area contributed by atoms with Gasteiger partial charge in [-0.25, -0.2) is 4.98 Å². The second-order valence-electron chi connectivity index (χ2n) is 6.54. The second-order valence-corrected chi connectivity index (χ2v) is 7.40. The number of nitrogens with one attached hydrogen (secondary N) is 1. The van der Waals surface area contributed by atoms with Crippen molar-refractivity contribution in [2.75, 3.05) is 11.9 Å². The summed E-state index contributed by atoms with van der Waals surface area (Å²) in [7, 11) is 0. The summed E-state index contributed by atoms with van der Waals surface area (Å²) in [4.78, 5) is 30.9. The molecule has 1 unspecified atom stereocenters. The fourth-order valence-electron chi connectivity index (χ4n) is 3.11. The normalized spacial score (nSPS) is 20.5. The number of likely N-dealkylation sites (tertiary alicyclic amines) is 1. The first-order valence-corrected chi connectivity index (χ1v) is 9.11. The van der Waals surface area contributed by atoms with Crippen molar-refractivity contribution in [3.63, 3.8) is 0 Å². The maximum absolute atomic E-state index is 12.5. The van der Waals surface area contributed by atoms with Gasteiger partial charge in [0.1, 0.15) is 5.01 Å². The summed E-state index contributed by atoms with van der Waals surface area (Å²) in [6, 6.07) is 8.09. The van der Waals surface area contributed by atoms with Gasteiger partial charge in [-0.15, -0.1) is 11.3 Å². The highest BCUT2D eigenvalue weighted by Crippen LogP contribution is 2.33. The van der Waals surface area contributed by atoms with Gasteiger partial charge in [0.05, 0.1) is 5.92 Å². The molecule has 0 bridgehead atoms. The Morgan fingerprint density at radius 3 is 2.92 bits per heavy atom. The van der Waals surface area contributed by atoms with Gasteiger partial charge in [-0.05, 0) is 31.9 Å². The van der Waals surface area contributed by atoms with Crippen LogP contribution in [0.25, 0.3) is 10.6 Å². The van der Waals surface area contributed by atoms with Crippen LogP contribution >= 0.6 is 11.3 Å². The molecule has 2 fully saturated rings. The fourth-order valence-corrected chi connectivity index (χ4v) is 3.90. The standard InChI is InChI=1S/C18H19N3O2S/c1-11-10-24-18(19-11)12-3-2-4-14(7-12)20-17(23)13-8-16(22)21(9-13)15-5-6-15/h2-4,7,10,13,15H,5-6,8-9H2,1H3,(H,20,23). The Morgan fingerprint density at radius 2 is 2.21 bits per heavy atom. The van der Waals surface area contributed by atoms with Crippen LogP contribution in [0.5, 0.6) is 0 Å². The van der Waals surface area contributed by atoms with Gasteiger partial charge in [0.2, 0.25) is 11.8 Å². The van der Waals surface area contributed by atoms with Gasteiger partial charge in [0.25, 0.3) is 0 Å². The molecule has 6 heteroatoms. The SMILES string of the molecule is Cc1csc(-c2cccc(NC(=O)C3CC(=O)N(C4CC4)C3)c2)n1. The summed E-state index contributed by atoms with van der Waals surface area (Å²) in [5, 5.41) is 5.92. The molecular formula is C18H19N3O2S. The predicted octanol–water partition coefficient (Wildman–Crippen LogP) is 3.07. The van der Waals surface area contributed by atoms with E-state index in [0.29, 0.717) is 19.0 Å². The largest absolute Gasteiger partial charge is 0.339 e. The molecule has 1 aliphatic heterocycles. The van der Waals surface area contributed by atoms with Crippen LogP contribution in [0.3, 0.4) is 0 Å². The number of aromatic nitrogens is 1. The van der Waals surface area contributed by atoms with E-state index in [4.69, 9.17) is 0 Å². The average molecular weight is 341 g/mol. The zero-order valence-electron chi connectivity index (χ0n) is 13.5. The molecule has 0 spiro atoms. The van der Waals surface area contributed by atoms with Crippen LogP contribution in [0.1, 0.15) is 25.0 Å². The lowest BCUT2D eigenvalue weighted by atomic mass is 10.1. The van der Waals surface area contributed by atoms with Gasteiger partial charge < -0.3 is 10.2 Å². The minimum Gasteiger partial charge on any atom is -0.339 e. The number of carbonyl (C=O) groups is 2. The summed E-state index contributed by atoms with van der Waals surface area (Å²) < 4.78 is 0. The second kappa shape index (κ2) is 6.02. The first-order chi connectivity index (χ1) is 11.6. The van der Waals surface area contributed by atoms with E-state index in [-0.39, 0.29) is 17.7 Å². The van der Waals surface area contributed by atoms with Gasteiger partial charge in [-0.3, -0.25) is 9.59 Å². The van der Waals surface area contributed by atoms with Crippen molar-refractivity contribution in [2.45, 2.75) is 32.2 Å². The molecule has 5 nitrogen and oxygen atoms in total. The summed E-state index contributed by atoms with van der Waals surface area (Å²) in [5.41, 5.74) is 2.74. The predicted molar refractivity (Wildman–Crippen MR) is 93.8 cm³/mol. The molecule has 2 aromatic rings. The van der Waals surface area contributed by atoms with Crippen LogP contribution in [0.15, 0.2) is 29.6 Å². The van der Waals surface area contributed by atoms with Crippen LogP contribution in [0.4, 0.5) is 5.69 Å². The van der Waals surface area contributed by atoms with Gasteiger partial charge >= 0.3 is 0 Å². The molecule has 1 aromatic heterocycles. The van der Waals surface area contributed by atoms with Crippen molar-refractivity contribution in [1.82, 2.24) is 9.88 Å². The molecule has 2 aliphatic rings. The Labute approximate surface area is 144 Å². The first kappa shape index (κ1) is 15.3. The lowest BCUT2D eigenvalue weighted by Gasteiger charge is -2.15. The molecule has 1 aromatic carbocycles. The molecule has 1 saturated carbocycles. The molecule has 4 rings (SSSR count). The number of thiazole rings is 1. The minimum absolute atomic E-state index is 0.0704. The van der Waals surface area contributed by atoms with Gasteiger partial charge in [0, 0.05) is 41.3 Å². The molecule has 1 aliphatic carbocycles. The number of anilines is 1. The number of nitrogens with zero attached hydrogens (tertiary/aromatic N) is 2. The van der Waals surface area contributed by atoms with E-state index in [1.54, 1.807) is 11.3 Å². The Bertz CT molecular complexity index is 797. The third-order valence-electron chi connectivity index (χ3n) is 4.51. The van der Waals surface area contributed by atoms with E-state index >= 15 is 0 Å². The minimum atomic E-state index is -0.246. The number of aryl methyl sites for hydroxylation is 1. The average Bonchev–Trinajstić information content (AvgIpc) is 3.19. The van der Waals surface area contributed by atoms with E-state index in [1.807, 2.05) is 41.5 Å². The molecule has 1 saturated heterocycles. The Balaban J connectivity index is 1.45. The number of rotatable bonds is 4. The lowest BCUT2D eigenvalue weighted by molar-refractivity contribution is -0.128. The quantitative estimate of drug-likeness (QED) is 0.930. The highest BCUT2D eigenvalue weighted by atomic mass is 32.1. The Kier molecular flexibility index (Phi) is 3.84. The van der Waals surface area contributed by atoms with Crippen molar-refractivity contribution in [1.29, 1.82) is 0 Å². The smallest absolute Gasteiger partial charge is 0.229 e.